The fraction of sp³-hybridized carbons (Fsp3) is 0.737. The first-order valence-corrected chi connectivity index (χ1v) is 9.40. The second-order valence-corrected chi connectivity index (χ2v) is 7.79. The van der Waals surface area contributed by atoms with Crippen molar-refractivity contribution in [2.24, 2.45) is 5.92 Å². The van der Waals surface area contributed by atoms with E-state index in [1.165, 1.54) is 18.4 Å². The Morgan fingerprint density at radius 3 is 2.76 bits per heavy atom. The van der Waals surface area contributed by atoms with Crippen LogP contribution in [0.4, 0.5) is 4.79 Å². The minimum Gasteiger partial charge on any atom is -0.354 e. The van der Waals surface area contributed by atoms with Gasteiger partial charge in [0.05, 0.1) is 0 Å². The second-order valence-electron chi connectivity index (χ2n) is 7.79. The molecule has 1 heterocycles. The Morgan fingerprint density at radius 2 is 2.12 bits per heavy atom. The monoisotopic (exact) mass is 349 g/mol. The Kier molecular flexibility index (Phi) is 6.62. The summed E-state index contributed by atoms with van der Waals surface area (Å²) in [4.78, 5) is 37.8. The van der Waals surface area contributed by atoms with E-state index in [0.717, 1.165) is 30.6 Å². The van der Waals surface area contributed by atoms with Crippen LogP contribution in [0.15, 0.2) is 11.6 Å². The minimum absolute atomic E-state index is 0.207. The summed E-state index contributed by atoms with van der Waals surface area (Å²) in [7, 11) is 0. The molecule has 1 aliphatic carbocycles. The molecule has 1 fully saturated rings. The Balaban J connectivity index is 1.80. The summed E-state index contributed by atoms with van der Waals surface area (Å²) in [6.07, 6.45) is 9.23. The van der Waals surface area contributed by atoms with Crippen LogP contribution in [0.5, 0.6) is 0 Å². The molecule has 25 heavy (non-hydrogen) atoms. The molecule has 0 radical (unpaired) electrons. The van der Waals surface area contributed by atoms with Crippen molar-refractivity contribution in [2.45, 2.75) is 71.3 Å². The number of carbonyl (C=O) groups excluding carboxylic acids is 3. The van der Waals surface area contributed by atoms with E-state index < -0.39 is 11.6 Å². The van der Waals surface area contributed by atoms with Crippen molar-refractivity contribution in [3.63, 3.8) is 0 Å². The van der Waals surface area contributed by atoms with Crippen molar-refractivity contribution in [3.05, 3.63) is 11.6 Å². The van der Waals surface area contributed by atoms with E-state index in [9.17, 15) is 14.4 Å². The number of rotatable bonds is 8. The molecule has 2 rings (SSSR count). The lowest BCUT2D eigenvalue weighted by Gasteiger charge is -2.22. The third-order valence-electron chi connectivity index (χ3n) is 5.02. The first-order chi connectivity index (χ1) is 11.8. The number of nitrogens with zero attached hydrogens (tertiary/aromatic N) is 1. The van der Waals surface area contributed by atoms with E-state index in [4.69, 9.17) is 0 Å². The first kappa shape index (κ1) is 19.5. The highest BCUT2D eigenvalue weighted by atomic mass is 16.2. The SMILES string of the molecule is CC(C)CCC1(C)NC(=O)N(CC(=O)NCCC2=CCCCC2)C1=O. The Morgan fingerprint density at radius 1 is 1.36 bits per heavy atom. The molecule has 6 heteroatoms. The van der Waals surface area contributed by atoms with Gasteiger partial charge < -0.3 is 10.6 Å². The molecule has 1 atom stereocenters. The average Bonchev–Trinajstić information content (AvgIpc) is 2.78. The Hall–Kier alpha value is -1.85. The van der Waals surface area contributed by atoms with Crippen molar-refractivity contribution in [1.82, 2.24) is 15.5 Å². The Labute approximate surface area is 150 Å². The molecule has 0 saturated carbocycles. The van der Waals surface area contributed by atoms with E-state index in [1.54, 1.807) is 6.92 Å². The van der Waals surface area contributed by atoms with Gasteiger partial charge in [0.15, 0.2) is 0 Å². The third-order valence-corrected chi connectivity index (χ3v) is 5.02. The van der Waals surface area contributed by atoms with E-state index in [2.05, 4.69) is 30.6 Å². The van der Waals surface area contributed by atoms with Crippen LogP contribution in [-0.2, 0) is 9.59 Å². The number of nitrogens with one attached hydrogen (secondary N) is 2. The minimum atomic E-state index is -0.894. The number of allylic oxidation sites excluding steroid dienone is 1. The third kappa shape index (κ3) is 5.31. The van der Waals surface area contributed by atoms with Gasteiger partial charge in [0, 0.05) is 6.54 Å². The lowest BCUT2D eigenvalue weighted by Crippen LogP contribution is -2.45. The molecule has 1 aliphatic heterocycles. The quantitative estimate of drug-likeness (QED) is 0.522. The molecule has 0 aromatic carbocycles. The fourth-order valence-corrected chi connectivity index (χ4v) is 3.33. The highest BCUT2D eigenvalue weighted by Crippen LogP contribution is 2.24. The molecule has 4 amide bonds. The van der Waals surface area contributed by atoms with Crippen LogP contribution in [0, 0.1) is 5.92 Å². The smallest absolute Gasteiger partial charge is 0.325 e. The maximum Gasteiger partial charge on any atom is 0.325 e. The van der Waals surface area contributed by atoms with E-state index in [-0.39, 0.29) is 18.4 Å². The maximum absolute atomic E-state index is 12.6. The van der Waals surface area contributed by atoms with Crippen LogP contribution in [0.1, 0.15) is 65.7 Å². The van der Waals surface area contributed by atoms with Crippen molar-refractivity contribution in [2.75, 3.05) is 13.1 Å². The van der Waals surface area contributed by atoms with Crippen LogP contribution in [0.2, 0.25) is 0 Å². The fourth-order valence-electron chi connectivity index (χ4n) is 3.33. The standard InChI is InChI=1S/C19H31N3O3/c1-14(2)9-11-19(3)17(24)22(18(25)21-19)13-16(23)20-12-10-15-7-5-4-6-8-15/h7,14H,4-6,8-13H2,1-3H3,(H,20,23)(H,21,25). The molecule has 0 aromatic heterocycles. The van der Waals surface area contributed by atoms with Crippen LogP contribution < -0.4 is 10.6 Å². The summed E-state index contributed by atoms with van der Waals surface area (Å²) in [5.74, 6) is -0.135. The van der Waals surface area contributed by atoms with Gasteiger partial charge in [0.2, 0.25) is 5.91 Å². The van der Waals surface area contributed by atoms with Crippen molar-refractivity contribution in [3.8, 4) is 0 Å². The van der Waals surface area contributed by atoms with Crippen LogP contribution in [0.25, 0.3) is 0 Å². The predicted octanol–water partition coefficient (Wildman–Crippen LogP) is 2.74. The number of hydrogen-bond acceptors (Lipinski definition) is 3. The molecule has 2 N–H and O–H groups in total. The van der Waals surface area contributed by atoms with Gasteiger partial charge in [0.25, 0.3) is 5.91 Å². The lowest BCUT2D eigenvalue weighted by molar-refractivity contribution is -0.134. The van der Waals surface area contributed by atoms with Gasteiger partial charge in [-0.05, 0) is 57.8 Å². The molecule has 140 valence electrons. The highest BCUT2D eigenvalue weighted by Gasteiger charge is 2.47. The van der Waals surface area contributed by atoms with Gasteiger partial charge in [-0.3, -0.25) is 14.5 Å². The number of imide groups is 1. The molecular formula is C19H31N3O3. The van der Waals surface area contributed by atoms with Crippen LogP contribution >= 0.6 is 0 Å². The summed E-state index contributed by atoms with van der Waals surface area (Å²) in [5.41, 5.74) is 0.497. The molecular weight excluding hydrogens is 318 g/mol. The molecule has 0 aromatic rings. The van der Waals surface area contributed by atoms with Gasteiger partial charge in [-0.1, -0.05) is 25.5 Å². The molecule has 6 nitrogen and oxygen atoms in total. The largest absolute Gasteiger partial charge is 0.354 e. The summed E-state index contributed by atoms with van der Waals surface area (Å²) in [5, 5.41) is 5.57. The number of urea groups is 1. The van der Waals surface area contributed by atoms with Gasteiger partial charge in [-0.2, -0.15) is 0 Å². The summed E-state index contributed by atoms with van der Waals surface area (Å²) >= 11 is 0. The summed E-state index contributed by atoms with van der Waals surface area (Å²) in [6, 6.07) is -0.471. The van der Waals surface area contributed by atoms with E-state index in [1.807, 2.05) is 0 Å². The molecule has 2 aliphatic rings. The van der Waals surface area contributed by atoms with Gasteiger partial charge in [-0.25, -0.2) is 4.79 Å². The zero-order valence-electron chi connectivity index (χ0n) is 15.7. The van der Waals surface area contributed by atoms with Gasteiger partial charge in [0.1, 0.15) is 12.1 Å². The van der Waals surface area contributed by atoms with E-state index in [0.29, 0.717) is 18.9 Å². The first-order valence-electron chi connectivity index (χ1n) is 9.40. The zero-order chi connectivity index (χ0) is 18.4. The van der Waals surface area contributed by atoms with Crippen LogP contribution in [-0.4, -0.2) is 41.4 Å². The van der Waals surface area contributed by atoms with Gasteiger partial charge in [-0.15, -0.1) is 0 Å². The number of carbonyl (C=O) groups is 3. The zero-order valence-corrected chi connectivity index (χ0v) is 15.7. The second kappa shape index (κ2) is 8.50. The lowest BCUT2D eigenvalue weighted by atomic mass is 9.92. The summed E-state index contributed by atoms with van der Waals surface area (Å²) in [6.45, 7) is 6.25. The van der Waals surface area contributed by atoms with Crippen molar-refractivity contribution in [1.29, 1.82) is 0 Å². The molecule has 1 saturated heterocycles. The average molecular weight is 349 g/mol. The van der Waals surface area contributed by atoms with Crippen molar-refractivity contribution < 1.29 is 14.4 Å². The highest BCUT2D eigenvalue weighted by molar-refractivity contribution is 6.08. The molecule has 1 unspecified atom stereocenters. The van der Waals surface area contributed by atoms with Crippen LogP contribution in [0.3, 0.4) is 0 Å². The summed E-state index contributed by atoms with van der Waals surface area (Å²) < 4.78 is 0. The number of amides is 4. The van der Waals surface area contributed by atoms with E-state index >= 15 is 0 Å². The topological polar surface area (TPSA) is 78.5 Å². The molecule has 0 bridgehead atoms. The molecule has 0 spiro atoms. The van der Waals surface area contributed by atoms with Crippen molar-refractivity contribution >= 4 is 17.8 Å². The maximum atomic E-state index is 12.6. The normalized spacial score (nSPS) is 23.7. The number of hydrogen-bond donors (Lipinski definition) is 2. The Bertz CT molecular complexity index is 556. The predicted molar refractivity (Wildman–Crippen MR) is 96.9 cm³/mol. The van der Waals surface area contributed by atoms with Gasteiger partial charge >= 0.3 is 6.03 Å².